The average Bonchev–Trinajstić information content (AvgIpc) is 2.41. The molecule has 4 N–H and O–H groups in total. The second kappa shape index (κ2) is 5.03. The number of anilines is 3. The summed E-state index contributed by atoms with van der Waals surface area (Å²) >= 11 is 5.87. The predicted octanol–water partition coefficient (Wildman–Crippen LogP) is 2.10. The first-order valence-corrected chi connectivity index (χ1v) is 6.49. The Bertz CT molecular complexity index is 597. The highest BCUT2D eigenvalue weighted by Crippen LogP contribution is 2.25. The van der Waals surface area contributed by atoms with E-state index in [0.717, 1.165) is 42.3 Å². The summed E-state index contributed by atoms with van der Waals surface area (Å²) in [5.41, 5.74) is 8.78. The molecule has 1 aromatic carbocycles. The van der Waals surface area contributed by atoms with Crippen molar-refractivity contribution >= 4 is 29.1 Å². The molecule has 2 heterocycles. The molecule has 0 fully saturated rings. The SMILES string of the molecule is Nc1nc2c(c(Nc3ccc(Cl)cc3)n1)CCNC2. The van der Waals surface area contributed by atoms with Crippen LogP contribution in [0.1, 0.15) is 11.3 Å². The van der Waals surface area contributed by atoms with Gasteiger partial charge in [-0.15, -0.1) is 0 Å². The van der Waals surface area contributed by atoms with Gasteiger partial charge in [-0.25, -0.2) is 4.98 Å². The maximum atomic E-state index is 5.87. The number of hydrogen-bond acceptors (Lipinski definition) is 5. The number of rotatable bonds is 2. The lowest BCUT2D eigenvalue weighted by Gasteiger charge is -2.19. The van der Waals surface area contributed by atoms with Crippen LogP contribution in [-0.4, -0.2) is 16.5 Å². The molecule has 0 atom stereocenters. The van der Waals surface area contributed by atoms with Gasteiger partial charge in [0.25, 0.3) is 0 Å². The summed E-state index contributed by atoms with van der Waals surface area (Å²) in [6.07, 6.45) is 0.894. The quantitative estimate of drug-likeness (QED) is 0.783. The molecule has 0 radical (unpaired) electrons. The molecular weight excluding hydrogens is 262 g/mol. The van der Waals surface area contributed by atoms with Crippen molar-refractivity contribution in [2.75, 3.05) is 17.6 Å². The van der Waals surface area contributed by atoms with Crippen LogP contribution in [0.5, 0.6) is 0 Å². The minimum Gasteiger partial charge on any atom is -0.368 e. The number of nitrogens with one attached hydrogen (secondary N) is 2. The van der Waals surface area contributed by atoms with Crippen molar-refractivity contribution < 1.29 is 0 Å². The van der Waals surface area contributed by atoms with Gasteiger partial charge in [-0.1, -0.05) is 11.6 Å². The predicted molar refractivity (Wildman–Crippen MR) is 76.6 cm³/mol. The normalized spacial score (nSPS) is 13.9. The van der Waals surface area contributed by atoms with Gasteiger partial charge in [-0.05, 0) is 37.2 Å². The molecule has 0 saturated heterocycles. The highest BCUT2D eigenvalue weighted by atomic mass is 35.5. The summed E-state index contributed by atoms with van der Waals surface area (Å²) in [5.74, 6) is 1.07. The van der Waals surface area contributed by atoms with E-state index in [9.17, 15) is 0 Å². The summed E-state index contributed by atoms with van der Waals surface area (Å²) in [6, 6.07) is 7.49. The zero-order valence-corrected chi connectivity index (χ0v) is 11.0. The molecule has 98 valence electrons. The molecule has 0 spiro atoms. The Balaban J connectivity index is 1.95. The molecule has 5 nitrogen and oxygen atoms in total. The van der Waals surface area contributed by atoms with Gasteiger partial charge < -0.3 is 16.4 Å². The van der Waals surface area contributed by atoms with Crippen LogP contribution in [0.3, 0.4) is 0 Å². The van der Waals surface area contributed by atoms with Gasteiger partial charge in [0, 0.05) is 22.8 Å². The van der Waals surface area contributed by atoms with Gasteiger partial charge in [-0.3, -0.25) is 0 Å². The fraction of sp³-hybridized carbons (Fsp3) is 0.231. The topological polar surface area (TPSA) is 75.9 Å². The number of nitrogen functional groups attached to an aromatic ring is 1. The Hall–Kier alpha value is -1.85. The monoisotopic (exact) mass is 275 g/mol. The highest BCUT2D eigenvalue weighted by Gasteiger charge is 2.16. The van der Waals surface area contributed by atoms with Gasteiger partial charge in [0.2, 0.25) is 5.95 Å². The van der Waals surface area contributed by atoms with Gasteiger partial charge in [0.1, 0.15) is 5.82 Å². The van der Waals surface area contributed by atoms with Crippen molar-refractivity contribution in [1.29, 1.82) is 0 Å². The van der Waals surface area contributed by atoms with Crippen molar-refractivity contribution in [3.63, 3.8) is 0 Å². The third-order valence-electron chi connectivity index (χ3n) is 3.06. The smallest absolute Gasteiger partial charge is 0.222 e. The third kappa shape index (κ3) is 2.62. The van der Waals surface area contributed by atoms with E-state index in [2.05, 4.69) is 20.6 Å². The second-order valence-electron chi connectivity index (χ2n) is 4.41. The zero-order valence-electron chi connectivity index (χ0n) is 10.3. The standard InChI is InChI=1S/C13H14ClN5/c14-8-1-3-9(4-2-8)17-12-10-5-6-16-7-11(10)18-13(15)19-12/h1-4,16H,5-7H2,(H3,15,17,18,19). The Morgan fingerprint density at radius 2 is 2.00 bits per heavy atom. The zero-order chi connectivity index (χ0) is 13.2. The molecule has 0 bridgehead atoms. The molecule has 0 saturated carbocycles. The molecular formula is C13H14ClN5. The number of halogens is 1. The van der Waals surface area contributed by atoms with E-state index < -0.39 is 0 Å². The second-order valence-corrected chi connectivity index (χ2v) is 4.85. The first kappa shape index (κ1) is 12.2. The molecule has 0 unspecified atom stereocenters. The van der Waals surface area contributed by atoms with E-state index in [0.29, 0.717) is 11.0 Å². The van der Waals surface area contributed by atoms with Crippen LogP contribution in [0.25, 0.3) is 0 Å². The van der Waals surface area contributed by atoms with Crippen LogP contribution >= 0.6 is 11.6 Å². The van der Waals surface area contributed by atoms with Crippen LogP contribution in [-0.2, 0) is 13.0 Å². The van der Waals surface area contributed by atoms with E-state index >= 15 is 0 Å². The number of nitrogens with zero attached hydrogens (tertiary/aromatic N) is 2. The van der Waals surface area contributed by atoms with E-state index in [1.807, 2.05) is 24.3 Å². The maximum Gasteiger partial charge on any atom is 0.222 e. The largest absolute Gasteiger partial charge is 0.368 e. The van der Waals surface area contributed by atoms with Crippen molar-refractivity contribution in [2.45, 2.75) is 13.0 Å². The van der Waals surface area contributed by atoms with Crippen molar-refractivity contribution in [3.8, 4) is 0 Å². The van der Waals surface area contributed by atoms with E-state index in [-0.39, 0.29) is 0 Å². The summed E-state index contributed by atoms with van der Waals surface area (Å²) in [7, 11) is 0. The fourth-order valence-electron chi connectivity index (χ4n) is 2.15. The highest BCUT2D eigenvalue weighted by molar-refractivity contribution is 6.30. The lowest BCUT2D eigenvalue weighted by Crippen LogP contribution is -2.26. The Labute approximate surface area is 116 Å². The van der Waals surface area contributed by atoms with E-state index in [1.54, 1.807) is 0 Å². The third-order valence-corrected chi connectivity index (χ3v) is 3.31. The van der Waals surface area contributed by atoms with Crippen molar-refractivity contribution in [1.82, 2.24) is 15.3 Å². The molecule has 19 heavy (non-hydrogen) atoms. The van der Waals surface area contributed by atoms with Crippen LogP contribution in [0.15, 0.2) is 24.3 Å². The number of aromatic nitrogens is 2. The number of benzene rings is 1. The lowest BCUT2D eigenvalue weighted by molar-refractivity contribution is 0.626. The maximum absolute atomic E-state index is 5.87. The summed E-state index contributed by atoms with van der Waals surface area (Å²) in [4.78, 5) is 8.57. The van der Waals surface area contributed by atoms with E-state index in [1.165, 1.54) is 0 Å². The molecule has 1 aliphatic rings. The first-order valence-electron chi connectivity index (χ1n) is 6.11. The average molecular weight is 276 g/mol. The van der Waals surface area contributed by atoms with Crippen LogP contribution in [0, 0.1) is 0 Å². The van der Waals surface area contributed by atoms with Gasteiger partial charge >= 0.3 is 0 Å². The molecule has 0 amide bonds. The number of fused-ring (bicyclic) bond motifs is 1. The number of hydrogen-bond donors (Lipinski definition) is 3. The minimum atomic E-state index is 0.291. The van der Waals surface area contributed by atoms with Gasteiger partial charge in [0.15, 0.2) is 0 Å². The fourth-order valence-corrected chi connectivity index (χ4v) is 2.28. The molecule has 6 heteroatoms. The van der Waals surface area contributed by atoms with Crippen LogP contribution in [0.4, 0.5) is 17.5 Å². The minimum absolute atomic E-state index is 0.291. The van der Waals surface area contributed by atoms with Gasteiger partial charge in [-0.2, -0.15) is 4.98 Å². The first-order chi connectivity index (χ1) is 9.22. The Morgan fingerprint density at radius 1 is 1.21 bits per heavy atom. The van der Waals surface area contributed by atoms with E-state index in [4.69, 9.17) is 17.3 Å². The van der Waals surface area contributed by atoms with Crippen molar-refractivity contribution in [2.24, 2.45) is 0 Å². The lowest BCUT2D eigenvalue weighted by atomic mass is 10.1. The molecule has 1 aromatic heterocycles. The number of nitrogens with two attached hydrogens (primary N) is 1. The Kier molecular flexibility index (Phi) is 3.23. The Morgan fingerprint density at radius 3 is 2.79 bits per heavy atom. The summed E-state index contributed by atoms with van der Waals surface area (Å²) in [5, 5.41) is 7.27. The van der Waals surface area contributed by atoms with Gasteiger partial charge in [0.05, 0.1) is 5.69 Å². The molecule has 0 aliphatic carbocycles. The molecule has 2 aromatic rings. The molecule has 3 rings (SSSR count). The van der Waals surface area contributed by atoms with Crippen LogP contribution < -0.4 is 16.4 Å². The molecule has 1 aliphatic heterocycles. The summed E-state index contributed by atoms with van der Waals surface area (Å²) < 4.78 is 0. The van der Waals surface area contributed by atoms with Crippen molar-refractivity contribution in [3.05, 3.63) is 40.5 Å². The van der Waals surface area contributed by atoms with Crippen LogP contribution in [0.2, 0.25) is 5.02 Å². The summed E-state index contributed by atoms with van der Waals surface area (Å²) in [6.45, 7) is 1.66.